The molecule has 66 heavy (non-hydrogen) atoms. The molecule has 6 heterocycles. The first-order valence-corrected chi connectivity index (χ1v) is 23.7. The molecule has 0 spiro atoms. The fourth-order valence-corrected chi connectivity index (χ4v) is 11.6. The average Bonchev–Trinajstić information content (AvgIpc) is 4.20. The highest BCUT2D eigenvalue weighted by molar-refractivity contribution is 6.07. The van der Waals surface area contributed by atoms with Gasteiger partial charge in [0, 0.05) is 36.2 Å². The van der Waals surface area contributed by atoms with E-state index >= 15 is 0 Å². The van der Waals surface area contributed by atoms with E-state index in [-0.39, 0.29) is 47.8 Å². The molecule has 8 atom stereocenters. The Hall–Kier alpha value is -6.16. The van der Waals surface area contributed by atoms with Crippen LogP contribution in [0.1, 0.15) is 108 Å². The minimum atomic E-state index is -0.706. The van der Waals surface area contributed by atoms with Gasteiger partial charge in [0.15, 0.2) is 0 Å². The Kier molecular flexibility index (Phi) is 11.9. The quantitative estimate of drug-likeness (QED) is 0.107. The minimum absolute atomic E-state index is 0.0168. The summed E-state index contributed by atoms with van der Waals surface area (Å²) in [6, 6.07) is 13.0. The second-order valence-corrected chi connectivity index (χ2v) is 19.0. The number of carbonyl (C=O) groups is 4. The van der Waals surface area contributed by atoms with Gasteiger partial charge in [-0.1, -0.05) is 44.9 Å². The fourth-order valence-electron chi connectivity index (χ4n) is 11.6. The van der Waals surface area contributed by atoms with E-state index in [1.54, 1.807) is 0 Å². The molecule has 0 radical (unpaired) electrons. The van der Waals surface area contributed by atoms with Gasteiger partial charge in [0.05, 0.1) is 49.2 Å². The molecular formula is C50H60N8O8. The summed E-state index contributed by atoms with van der Waals surface area (Å²) in [4.78, 5) is 74.8. The average molecular weight is 901 g/mol. The number of nitrogens with one attached hydrogen (secondary N) is 4. The molecule has 0 bridgehead atoms. The van der Waals surface area contributed by atoms with Gasteiger partial charge in [-0.05, 0) is 116 Å². The number of hydrogen-bond donors (Lipinski definition) is 4. The Morgan fingerprint density at radius 3 is 2.45 bits per heavy atom. The zero-order valence-corrected chi connectivity index (χ0v) is 38.4. The molecule has 10 rings (SSSR count). The van der Waals surface area contributed by atoms with Crippen LogP contribution in [-0.4, -0.2) is 105 Å². The summed E-state index contributed by atoms with van der Waals surface area (Å²) in [7, 11) is 2.64. The van der Waals surface area contributed by atoms with Crippen LogP contribution < -0.4 is 15.4 Å². The Bertz CT molecular complexity index is 2670. The van der Waals surface area contributed by atoms with Crippen molar-refractivity contribution in [3.05, 3.63) is 65.9 Å². The third kappa shape index (κ3) is 7.79. The third-order valence-corrected chi connectivity index (χ3v) is 15.3. The Balaban J connectivity index is 0.911. The number of likely N-dealkylation sites (tertiary alicyclic amines) is 2. The standard InChI is InChI=1S/C50H60N8O8/c1-6-26(2)42(55-49(61)63-4)47(59)57-27(3)10-15-39(57)45-51-24-37(53-45)30-11-13-33-32(20-30)25-66-41-23-34-29(21-35(33)41)12-14-36-44(34)54-46(52-36)40-22-31-8-7-9-38(31)58(40)48(60)43(56-50(62)64-5)28-16-18-65-19-17-28/h11-14,20-21,23-24,26-28,31,38-40,42-43H,6-10,15-19,22,25H2,1-5H3,(H,51,53)(H,52,54)(H,55,61)(H,56,62)/t26-,27-,31-,38-,39?,40?,42?,43-/m0/s1. The molecule has 4 fully saturated rings. The van der Waals surface area contributed by atoms with E-state index in [0.29, 0.717) is 44.4 Å². The van der Waals surface area contributed by atoms with Gasteiger partial charge in [-0.15, -0.1) is 0 Å². The molecule has 16 nitrogen and oxygen atoms in total. The van der Waals surface area contributed by atoms with Crippen molar-refractivity contribution in [2.45, 2.75) is 121 Å². The number of aromatic amines is 2. The van der Waals surface area contributed by atoms with Crippen molar-refractivity contribution >= 4 is 45.8 Å². The highest BCUT2D eigenvalue weighted by atomic mass is 16.5. The molecule has 4 amide bonds. The predicted octanol–water partition coefficient (Wildman–Crippen LogP) is 8.08. The molecule has 3 saturated heterocycles. The number of ether oxygens (including phenoxy) is 4. The Morgan fingerprint density at radius 2 is 1.67 bits per heavy atom. The lowest BCUT2D eigenvalue weighted by Gasteiger charge is -2.36. The van der Waals surface area contributed by atoms with Crippen molar-refractivity contribution in [3.8, 4) is 28.1 Å². The highest BCUT2D eigenvalue weighted by Crippen LogP contribution is 2.49. The van der Waals surface area contributed by atoms with Crippen molar-refractivity contribution in [2.24, 2.45) is 17.8 Å². The SMILES string of the molecule is CC[C@H](C)C(NC(=O)OC)C(=O)N1C(c2ncc(-c3ccc4c(c3)COc3cc5c(ccc6[nH]c(C7C[C@@H]8CCC[C@@H]8N7C(=O)[C@@H](NC(=O)OC)C7CCOCC7)nc65)cc3-4)[nH]2)CC[C@@H]1C. The number of alkyl carbamates (subject to hydrolysis) is 2. The summed E-state index contributed by atoms with van der Waals surface area (Å²) in [6.45, 7) is 7.51. The number of hydrogen-bond acceptors (Lipinski definition) is 10. The van der Waals surface area contributed by atoms with E-state index in [4.69, 9.17) is 28.9 Å². The molecule has 16 heteroatoms. The monoisotopic (exact) mass is 900 g/mol. The van der Waals surface area contributed by atoms with E-state index in [1.165, 1.54) is 14.2 Å². The van der Waals surface area contributed by atoms with Gasteiger partial charge < -0.3 is 49.3 Å². The predicted molar refractivity (Wildman–Crippen MR) is 246 cm³/mol. The molecule has 3 aromatic carbocycles. The van der Waals surface area contributed by atoms with Gasteiger partial charge in [0.1, 0.15) is 36.1 Å². The fraction of sp³-hybridized carbons (Fsp3) is 0.520. The number of methoxy groups -OCH3 is 2. The molecule has 5 aromatic rings. The molecule has 4 aliphatic heterocycles. The molecule has 5 aliphatic rings. The maximum Gasteiger partial charge on any atom is 0.407 e. The number of imidazole rings is 2. The van der Waals surface area contributed by atoms with Crippen LogP contribution in [0.25, 0.3) is 44.2 Å². The number of rotatable bonds is 10. The first kappa shape index (κ1) is 43.7. The van der Waals surface area contributed by atoms with Crippen LogP contribution in [0.2, 0.25) is 0 Å². The van der Waals surface area contributed by atoms with Crippen LogP contribution in [0.4, 0.5) is 9.59 Å². The number of carbonyl (C=O) groups excluding carboxylic acids is 4. The van der Waals surface area contributed by atoms with Crippen LogP contribution in [0.5, 0.6) is 5.75 Å². The number of aromatic nitrogens is 4. The Labute approximate surface area is 383 Å². The summed E-state index contributed by atoms with van der Waals surface area (Å²) in [5.74, 6) is 2.30. The highest BCUT2D eigenvalue weighted by Gasteiger charge is 2.50. The molecule has 1 aliphatic carbocycles. The smallest absolute Gasteiger partial charge is 0.407 e. The van der Waals surface area contributed by atoms with E-state index in [1.807, 2.05) is 36.8 Å². The van der Waals surface area contributed by atoms with Crippen molar-refractivity contribution in [2.75, 3.05) is 27.4 Å². The topological polar surface area (TPSA) is 193 Å². The van der Waals surface area contributed by atoms with Crippen LogP contribution in [0.3, 0.4) is 0 Å². The largest absolute Gasteiger partial charge is 0.488 e. The van der Waals surface area contributed by atoms with Crippen LogP contribution >= 0.6 is 0 Å². The lowest BCUT2D eigenvalue weighted by molar-refractivity contribution is -0.139. The zero-order chi connectivity index (χ0) is 45.8. The van der Waals surface area contributed by atoms with E-state index in [0.717, 1.165) is 106 Å². The number of amides is 4. The third-order valence-electron chi connectivity index (χ3n) is 15.3. The lowest BCUT2D eigenvalue weighted by Crippen LogP contribution is -2.55. The van der Waals surface area contributed by atoms with Crippen molar-refractivity contribution in [3.63, 3.8) is 0 Å². The first-order chi connectivity index (χ1) is 32.0. The molecule has 348 valence electrons. The molecular weight excluding hydrogens is 841 g/mol. The van der Waals surface area contributed by atoms with E-state index in [9.17, 15) is 19.2 Å². The van der Waals surface area contributed by atoms with E-state index in [2.05, 4.69) is 63.1 Å². The van der Waals surface area contributed by atoms with Gasteiger partial charge in [-0.2, -0.15) is 0 Å². The summed E-state index contributed by atoms with van der Waals surface area (Å²) in [5, 5.41) is 7.69. The summed E-state index contributed by atoms with van der Waals surface area (Å²) >= 11 is 0. The van der Waals surface area contributed by atoms with Crippen LogP contribution in [-0.2, 0) is 30.4 Å². The zero-order valence-electron chi connectivity index (χ0n) is 38.4. The molecule has 4 N–H and O–H groups in total. The van der Waals surface area contributed by atoms with Crippen molar-refractivity contribution in [1.29, 1.82) is 0 Å². The summed E-state index contributed by atoms with van der Waals surface area (Å²) < 4.78 is 22.0. The van der Waals surface area contributed by atoms with Crippen molar-refractivity contribution in [1.82, 2.24) is 40.4 Å². The molecule has 3 unspecified atom stereocenters. The lowest BCUT2D eigenvalue weighted by atomic mass is 9.90. The van der Waals surface area contributed by atoms with E-state index < -0.39 is 24.3 Å². The molecule has 2 aromatic heterocycles. The summed E-state index contributed by atoms with van der Waals surface area (Å²) in [6.07, 6.45) is 8.17. The maximum absolute atomic E-state index is 14.7. The van der Waals surface area contributed by atoms with Crippen LogP contribution in [0.15, 0.2) is 48.7 Å². The minimum Gasteiger partial charge on any atom is -0.488 e. The Morgan fingerprint density at radius 1 is 0.864 bits per heavy atom. The second-order valence-electron chi connectivity index (χ2n) is 19.0. The molecule has 1 saturated carbocycles. The maximum atomic E-state index is 14.7. The summed E-state index contributed by atoms with van der Waals surface area (Å²) in [5.41, 5.74) is 6.66. The van der Waals surface area contributed by atoms with Gasteiger partial charge in [0.25, 0.3) is 0 Å². The number of H-pyrrole nitrogens is 2. The number of benzene rings is 3. The van der Waals surface area contributed by atoms with Gasteiger partial charge in [-0.3, -0.25) is 9.59 Å². The van der Waals surface area contributed by atoms with Gasteiger partial charge in [0.2, 0.25) is 11.8 Å². The van der Waals surface area contributed by atoms with Crippen molar-refractivity contribution < 1.29 is 38.1 Å². The van der Waals surface area contributed by atoms with Gasteiger partial charge >= 0.3 is 12.2 Å². The number of fused-ring (bicyclic) bond motifs is 7. The normalized spacial score (nSPS) is 24.0. The number of nitrogens with zero attached hydrogens (tertiary/aromatic N) is 4. The second kappa shape index (κ2) is 17.9. The van der Waals surface area contributed by atoms with Crippen LogP contribution in [0, 0.1) is 17.8 Å². The first-order valence-electron chi connectivity index (χ1n) is 23.7. The van der Waals surface area contributed by atoms with Gasteiger partial charge in [-0.25, -0.2) is 19.6 Å².